The Morgan fingerprint density at radius 2 is 2.44 bits per heavy atom. The molecule has 0 aliphatic rings. The molecule has 0 rings (SSSR count). The van der Waals surface area contributed by atoms with Crippen LogP contribution in [0.1, 0.15) is 19.8 Å². The van der Waals surface area contributed by atoms with Gasteiger partial charge in [-0.3, -0.25) is 4.79 Å². The summed E-state index contributed by atoms with van der Waals surface area (Å²) in [5.41, 5.74) is 0. The van der Waals surface area contributed by atoms with Crippen LogP contribution in [-0.2, 0) is 4.79 Å². The minimum absolute atomic E-state index is 0.116. The van der Waals surface area contributed by atoms with Crippen LogP contribution in [0.25, 0.3) is 0 Å². The van der Waals surface area contributed by atoms with Gasteiger partial charge in [-0.05, 0) is 13.3 Å². The number of carbonyl (C=O) groups excluding carboxylic acids is 1. The van der Waals surface area contributed by atoms with E-state index in [1.807, 2.05) is 0 Å². The summed E-state index contributed by atoms with van der Waals surface area (Å²) in [6.45, 7) is 4.94. The summed E-state index contributed by atoms with van der Waals surface area (Å²) < 4.78 is 0. The lowest BCUT2D eigenvalue weighted by molar-refractivity contribution is -0.126. The molecule has 0 aromatic heterocycles. The predicted octanol–water partition coefficient (Wildman–Crippen LogP) is 0.903. The second-order valence-corrected chi connectivity index (χ2v) is 1.97. The molecular weight excluding hydrogens is 116 g/mol. The highest BCUT2D eigenvalue weighted by atomic mass is 16.3. The first-order chi connectivity index (χ1) is 4.18. The van der Waals surface area contributed by atoms with Crippen LogP contribution in [0.5, 0.6) is 0 Å². The van der Waals surface area contributed by atoms with Crippen molar-refractivity contribution in [3.05, 3.63) is 12.7 Å². The SMILES string of the molecule is C=CCCC(=O)C(C)O. The fourth-order valence-corrected chi connectivity index (χ4v) is 0.453. The molecule has 0 radical (unpaired) electrons. The molecule has 2 heteroatoms. The molecule has 1 N–H and O–H groups in total. The summed E-state index contributed by atoms with van der Waals surface area (Å²) in [4.78, 5) is 10.6. The van der Waals surface area contributed by atoms with E-state index in [4.69, 9.17) is 5.11 Å². The zero-order chi connectivity index (χ0) is 7.28. The molecular formula is C7H12O2. The highest BCUT2D eigenvalue weighted by Gasteiger charge is 2.05. The molecule has 0 aromatic rings. The van der Waals surface area contributed by atoms with Crippen molar-refractivity contribution in [2.45, 2.75) is 25.9 Å². The topological polar surface area (TPSA) is 37.3 Å². The molecule has 0 bridgehead atoms. The molecule has 0 amide bonds. The van der Waals surface area contributed by atoms with Gasteiger partial charge in [0, 0.05) is 6.42 Å². The Bertz CT molecular complexity index is 105. The third kappa shape index (κ3) is 3.91. The van der Waals surface area contributed by atoms with E-state index >= 15 is 0 Å². The molecule has 9 heavy (non-hydrogen) atoms. The van der Waals surface area contributed by atoms with Gasteiger partial charge in [-0.2, -0.15) is 0 Å². The monoisotopic (exact) mass is 128 g/mol. The maximum absolute atomic E-state index is 10.6. The van der Waals surface area contributed by atoms with Crippen LogP contribution in [0.15, 0.2) is 12.7 Å². The highest BCUT2D eigenvalue weighted by molar-refractivity contribution is 5.82. The van der Waals surface area contributed by atoms with E-state index in [9.17, 15) is 4.79 Å². The van der Waals surface area contributed by atoms with Gasteiger partial charge >= 0.3 is 0 Å². The van der Waals surface area contributed by atoms with Gasteiger partial charge in [0.05, 0.1) is 0 Å². The van der Waals surface area contributed by atoms with Crippen molar-refractivity contribution in [3.63, 3.8) is 0 Å². The van der Waals surface area contributed by atoms with Crippen molar-refractivity contribution in [2.24, 2.45) is 0 Å². The van der Waals surface area contributed by atoms with Crippen molar-refractivity contribution < 1.29 is 9.90 Å². The van der Waals surface area contributed by atoms with Crippen molar-refractivity contribution in [2.75, 3.05) is 0 Å². The third-order valence-corrected chi connectivity index (χ3v) is 1.06. The summed E-state index contributed by atoms with van der Waals surface area (Å²) in [7, 11) is 0. The summed E-state index contributed by atoms with van der Waals surface area (Å²) in [5, 5.41) is 8.66. The second kappa shape index (κ2) is 4.27. The van der Waals surface area contributed by atoms with E-state index in [2.05, 4.69) is 6.58 Å². The van der Waals surface area contributed by atoms with Crippen LogP contribution in [-0.4, -0.2) is 17.0 Å². The smallest absolute Gasteiger partial charge is 0.161 e. The molecule has 0 aromatic carbocycles. The van der Waals surface area contributed by atoms with Gasteiger partial charge in [-0.15, -0.1) is 6.58 Å². The number of aliphatic hydroxyl groups is 1. The summed E-state index contributed by atoms with van der Waals surface area (Å²) in [6.07, 6.45) is 1.91. The van der Waals surface area contributed by atoms with Gasteiger partial charge in [-0.25, -0.2) is 0 Å². The Morgan fingerprint density at radius 3 is 2.78 bits per heavy atom. The molecule has 0 fully saturated rings. The van der Waals surface area contributed by atoms with Crippen LogP contribution < -0.4 is 0 Å². The largest absolute Gasteiger partial charge is 0.386 e. The van der Waals surface area contributed by atoms with Gasteiger partial charge in [0.1, 0.15) is 6.10 Å². The van der Waals surface area contributed by atoms with Gasteiger partial charge in [0.25, 0.3) is 0 Å². The average Bonchev–Trinajstić information content (AvgIpc) is 1.82. The Morgan fingerprint density at radius 1 is 1.89 bits per heavy atom. The van der Waals surface area contributed by atoms with E-state index in [1.165, 1.54) is 6.92 Å². The molecule has 0 spiro atoms. The molecule has 2 nitrogen and oxygen atoms in total. The molecule has 0 heterocycles. The zero-order valence-electron chi connectivity index (χ0n) is 5.63. The molecule has 0 aliphatic heterocycles. The molecule has 1 unspecified atom stereocenters. The van der Waals surface area contributed by atoms with E-state index < -0.39 is 6.10 Å². The molecule has 52 valence electrons. The first-order valence-corrected chi connectivity index (χ1v) is 3.00. The lowest BCUT2D eigenvalue weighted by Gasteiger charge is -1.98. The minimum atomic E-state index is -0.815. The summed E-state index contributed by atoms with van der Waals surface area (Å²) in [6, 6.07) is 0. The lowest BCUT2D eigenvalue weighted by atomic mass is 10.1. The van der Waals surface area contributed by atoms with Crippen LogP contribution >= 0.6 is 0 Å². The van der Waals surface area contributed by atoms with Gasteiger partial charge < -0.3 is 5.11 Å². The number of hydrogen-bond donors (Lipinski definition) is 1. The van der Waals surface area contributed by atoms with Crippen LogP contribution in [0.2, 0.25) is 0 Å². The average molecular weight is 128 g/mol. The Kier molecular flexibility index (Phi) is 3.97. The number of rotatable bonds is 4. The number of carbonyl (C=O) groups is 1. The maximum Gasteiger partial charge on any atom is 0.161 e. The van der Waals surface area contributed by atoms with Gasteiger partial charge in [0.15, 0.2) is 5.78 Å². The Labute approximate surface area is 55.2 Å². The molecule has 0 saturated carbocycles. The lowest BCUT2D eigenvalue weighted by Crippen LogP contribution is -2.14. The fourth-order valence-electron chi connectivity index (χ4n) is 0.453. The molecule has 1 atom stereocenters. The van der Waals surface area contributed by atoms with E-state index in [0.29, 0.717) is 12.8 Å². The Hall–Kier alpha value is -0.630. The normalized spacial score (nSPS) is 12.7. The van der Waals surface area contributed by atoms with Crippen molar-refractivity contribution in [3.8, 4) is 0 Å². The summed E-state index contributed by atoms with van der Waals surface area (Å²) >= 11 is 0. The van der Waals surface area contributed by atoms with Crippen molar-refractivity contribution in [1.29, 1.82) is 0 Å². The second-order valence-electron chi connectivity index (χ2n) is 1.97. The number of ketones is 1. The predicted molar refractivity (Wildman–Crippen MR) is 36.1 cm³/mol. The summed E-state index contributed by atoms with van der Waals surface area (Å²) in [5.74, 6) is -0.116. The first-order valence-electron chi connectivity index (χ1n) is 3.00. The third-order valence-electron chi connectivity index (χ3n) is 1.06. The highest BCUT2D eigenvalue weighted by Crippen LogP contribution is 1.94. The molecule has 0 aliphatic carbocycles. The van der Waals surface area contributed by atoms with Crippen LogP contribution in [0.3, 0.4) is 0 Å². The number of allylic oxidation sites excluding steroid dienone is 1. The van der Waals surface area contributed by atoms with E-state index in [-0.39, 0.29) is 5.78 Å². The van der Waals surface area contributed by atoms with Gasteiger partial charge in [0.2, 0.25) is 0 Å². The number of aliphatic hydroxyl groups excluding tert-OH is 1. The quantitative estimate of drug-likeness (QED) is 0.571. The van der Waals surface area contributed by atoms with Gasteiger partial charge in [-0.1, -0.05) is 6.08 Å². The van der Waals surface area contributed by atoms with E-state index in [1.54, 1.807) is 6.08 Å². The van der Waals surface area contributed by atoms with Crippen LogP contribution in [0.4, 0.5) is 0 Å². The van der Waals surface area contributed by atoms with E-state index in [0.717, 1.165) is 0 Å². The molecule has 0 saturated heterocycles. The fraction of sp³-hybridized carbons (Fsp3) is 0.571. The Balaban J connectivity index is 3.38. The minimum Gasteiger partial charge on any atom is -0.386 e. The van der Waals surface area contributed by atoms with Crippen LogP contribution in [0, 0.1) is 0 Å². The van der Waals surface area contributed by atoms with Crippen molar-refractivity contribution in [1.82, 2.24) is 0 Å². The zero-order valence-corrected chi connectivity index (χ0v) is 5.63. The van der Waals surface area contributed by atoms with Crippen molar-refractivity contribution >= 4 is 5.78 Å². The maximum atomic E-state index is 10.6. The number of Topliss-reactive ketones (excluding diaryl/α,β-unsaturated/α-hetero) is 1. The first kappa shape index (κ1) is 8.37. The standard InChI is InChI=1S/C7H12O2/c1-3-4-5-7(9)6(2)8/h3,6,8H,1,4-5H2,2H3. The number of hydrogen-bond acceptors (Lipinski definition) is 2.